The van der Waals surface area contributed by atoms with Gasteiger partial charge in [-0.25, -0.2) is 0 Å². The molecule has 1 aliphatic heterocycles. The molecule has 1 heterocycles. The summed E-state index contributed by atoms with van der Waals surface area (Å²) in [5, 5.41) is 3.90. The molecule has 3 nitrogen and oxygen atoms in total. The minimum absolute atomic E-state index is 0. The summed E-state index contributed by atoms with van der Waals surface area (Å²) in [6.45, 7) is 0. The molecule has 0 aliphatic carbocycles. The molecule has 0 amide bonds. The van der Waals surface area contributed by atoms with Crippen molar-refractivity contribution >= 4 is 40.1 Å². The van der Waals surface area contributed by atoms with Crippen LogP contribution in [0.3, 0.4) is 0 Å². The highest BCUT2D eigenvalue weighted by atomic mass is 79.9. The van der Waals surface area contributed by atoms with E-state index in [0.29, 0.717) is 0 Å². The number of nitrogens with zero attached hydrogens (tertiary/aromatic N) is 1. The van der Waals surface area contributed by atoms with E-state index in [1.807, 2.05) is 54.4 Å². The lowest BCUT2D eigenvalue weighted by Crippen LogP contribution is -3.00. The first-order valence-corrected chi connectivity index (χ1v) is 9.67. The average molecular weight is 453 g/mol. The lowest BCUT2D eigenvalue weighted by atomic mass is 10.1. The number of nitrogens with one attached hydrogen (secondary N) is 1. The Balaban J connectivity index is 0.00000225. The van der Waals surface area contributed by atoms with Gasteiger partial charge in [0.25, 0.3) is 0 Å². The second kappa shape index (κ2) is 9.24. The zero-order valence-electron chi connectivity index (χ0n) is 15.7. The van der Waals surface area contributed by atoms with Crippen molar-refractivity contribution < 1.29 is 26.6 Å². The predicted octanol–water partition coefficient (Wildman–Crippen LogP) is 1.90. The average Bonchev–Trinajstić information content (AvgIpc) is 3.04. The van der Waals surface area contributed by atoms with Gasteiger partial charge in [0.15, 0.2) is 10.7 Å². The van der Waals surface area contributed by atoms with E-state index in [1.54, 1.807) is 7.11 Å². The molecule has 1 aliphatic rings. The maximum absolute atomic E-state index is 5.22. The van der Waals surface area contributed by atoms with E-state index in [9.17, 15) is 0 Å². The van der Waals surface area contributed by atoms with Crippen LogP contribution in [0.25, 0.3) is 10.8 Å². The third-order valence-corrected chi connectivity index (χ3v) is 5.80. The van der Waals surface area contributed by atoms with Crippen LogP contribution in [-0.4, -0.2) is 20.4 Å². The molecule has 0 fully saturated rings. The Morgan fingerprint density at radius 2 is 1.86 bits per heavy atom. The summed E-state index contributed by atoms with van der Waals surface area (Å²) in [5.74, 6) is 0.813. The van der Waals surface area contributed by atoms with Gasteiger partial charge in [0.1, 0.15) is 5.75 Å². The van der Waals surface area contributed by atoms with Crippen LogP contribution in [0.2, 0.25) is 0 Å². The van der Waals surface area contributed by atoms with Gasteiger partial charge in [-0.15, -0.1) is 0 Å². The standard InChI is InChI=1S/C23H20N2OS.BrH/c1-25-22(12-5-6-15-24-18-9-7-10-19(16-18)26-2)27-21-14-13-17-8-3-4-11-20(17)23(21)25;/h3-16H,1-2H3;1H/b6-5+,22-12+,24-15?;. The third-order valence-electron chi connectivity index (χ3n) is 4.58. The van der Waals surface area contributed by atoms with Crippen molar-refractivity contribution in [3.05, 3.63) is 83.9 Å². The zero-order valence-corrected chi connectivity index (χ0v) is 18.1. The quantitative estimate of drug-likeness (QED) is 0.611. The Labute approximate surface area is 180 Å². The summed E-state index contributed by atoms with van der Waals surface area (Å²) < 4.78 is 5.22. The number of allylic oxidation sites excluding steroid dienone is 3. The van der Waals surface area contributed by atoms with Crippen LogP contribution in [0, 0.1) is 0 Å². The second-order valence-electron chi connectivity index (χ2n) is 6.28. The Hall–Kier alpha value is -2.34. The van der Waals surface area contributed by atoms with Gasteiger partial charge in [0, 0.05) is 23.7 Å². The molecule has 3 aromatic carbocycles. The predicted molar refractivity (Wildman–Crippen MR) is 115 cm³/mol. The molecule has 0 radical (unpaired) electrons. The van der Waals surface area contributed by atoms with Gasteiger partial charge in [-0.2, -0.15) is 0 Å². The summed E-state index contributed by atoms with van der Waals surface area (Å²) >= 11 is 1.83. The molecule has 1 atom stereocenters. The number of hydrogen-bond donors (Lipinski definition) is 1. The van der Waals surface area contributed by atoms with Crippen LogP contribution < -0.4 is 26.6 Å². The first-order valence-electron chi connectivity index (χ1n) is 8.85. The molecule has 1 unspecified atom stereocenters. The fourth-order valence-corrected chi connectivity index (χ4v) is 4.35. The van der Waals surface area contributed by atoms with Crippen LogP contribution in [0.5, 0.6) is 5.75 Å². The van der Waals surface area contributed by atoms with Crippen molar-refractivity contribution in [1.82, 2.24) is 0 Å². The van der Waals surface area contributed by atoms with Crippen LogP contribution in [0.1, 0.15) is 0 Å². The number of rotatable bonds is 4. The minimum atomic E-state index is 0. The van der Waals surface area contributed by atoms with Crippen molar-refractivity contribution in [2.75, 3.05) is 14.2 Å². The number of aliphatic imine (C=N–C) groups is 1. The largest absolute Gasteiger partial charge is 1.00 e. The molecule has 142 valence electrons. The minimum Gasteiger partial charge on any atom is -1.00 e. The molecule has 28 heavy (non-hydrogen) atoms. The Bertz CT molecular complexity index is 1080. The highest BCUT2D eigenvalue weighted by Crippen LogP contribution is 2.39. The highest BCUT2D eigenvalue weighted by Gasteiger charge is 2.29. The summed E-state index contributed by atoms with van der Waals surface area (Å²) in [6, 6.07) is 20.7. The van der Waals surface area contributed by atoms with Gasteiger partial charge in [0.2, 0.25) is 0 Å². The molecule has 5 heteroatoms. The van der Waals surface area contributed by atoms with Crippen molar-refractivity contribution in [1.29, 1.82) is 0 Å². The maximum Gasteiger partial charge on any atom is 0.175 e. The molecule has 1 N–H and O–H groups in total. The number of hydrogen-bond acceptors (Lipinski definition) is 3. The monoisotopic (exact) mass is 452 g/mol. The normalized spacial score (nSPS) is 17.4. The molecule has 3 aromatic rings. The number of methoxy groups -OCH3 is 1. The van der Waals surface area contributed by atoms with Gasteiger partial charge in [0.05, 0.1) is 24.7 Å². The first kappa shape index (κ1) is 20.4. The summed E-state index contributed by atoms with van der Waals surface area (Å²) in [5.41, 5.74) is 2.24. The smallest absolute Gasteiger partial charge is 0.175 e. The lowest BCUT2D eigenvalue weighted by molar-refractivity contribution is -0.754. The molecular weight excluding hydrogens is 432 g/mol. The molecule has 0 saturated heterocycles. The van der Waals surface area contributed by atoms with Gasteiger partial charge < -0.3 is 21.7 Å². The van der Waals surface area contributed by atoms with Crippen LogP contribution >= 0.6 is 11.8 Å². The first-order chi connectivity index (χ1) is 13.3. The summed E-state index contributed by atoms with van der Waals surface area (Å²) in [6.07, 6.45) is 7.97. The second-order valence-corrected chi connectivity index (χ2v) is 7.37. The van der Waals surface area contributed by atoms with E-state index >= 15 is 0 Å². The Morgan fingerprint density at radius 1 is 1.00 bits per heavy atom. The van der Waals surface area contributed by atoms with E-state index in [2.05, 4.69) is 54.5 Å². The number of thioether (sulfide) groups is 1. The number of benzene rings is 3. The van der Waals surface area contributed by atoms with Crippen LogP contribution in [0.4, 0.5) is 11.4 Å². The number of halogens is 1. The number of fused-ring (bicyclic) bond motifs is 3. The highest BCUT2D eigenvalue weighted by molar-refractivity contribution is 8.03. The fourth-order valence-electron chi connectivity index (χ4n) is 3.21. The van der Waals surface area contributed by atoms with E-state index in [-0.39, 0.29) is 17.0 Å². The van der Waals surface area contributed by atoms with Gasteiger partial charge in [-0.05, 0) is 47.5 Å². The van der Waals surface area contributed by atoms with Gasteiger partial charge >= 0.3 is 0 Å². The maximum atomic E-state index is 5.22. The Morgan fingerprint density at radius 3 is 2.71 bits per heavy atom. The third kappa shape index (κ3) is 4.22. The topological polar surface area (TPSA) is 26.0 Å². The number of ether oxygens (including phenoxy) is 1. The number of quaternary nitrogens is 1. The van der Waals surface area contributed by atoms with E-state index in [4.69, 9.17) is 4.74 Å². The summed E-state index contributed by atoms with van der Waals surface area (Å²) in [4.78, 5) is 7.11. The van der Waals surface area contributed by atoms with Crippen molar-refractivity contribution in [2.45, 2.75) is 4.90 Å². The molecule has 4 rings (SSSR count). The Kier molecular flexibility index (Phi) is 6.73. The van der Waals surface area contributed by atoms with E-state index < -0.39 is 0 Å². The molecule has 0 spiro atoms. The molecular formula is C23H21BrN2OS. The van der Waals surface area contributed by atoms with Crippen LogP contribution in [-0.2, 0) is 0 Å². The van der Waals surface area contributed by atoms with E-state index in [1.165, 1.54) is 31.3 Å². The SMILES string of the molecule is COc1cccc(N=C/C=C/C=C2/Sc3ccc4ccccc4c3[NH+]2C)c1.[Br-]. The van der Waals surface area contributed by atoms with E-state index in [0.717, 1.165) is 11.4 Å². The molecule has 0 bridgehead atoms. The fraction of sp³-hybridized carbons (Fsp3) is 0.0870. The zero-order chi connectivity index (χ0) is 18.6. The van der Waals surface area contributed by atoms with Crippen molar-refractivity contribution in [2.24, 2.45) is 4.99 Å². The molecule has 0 aromatic heterocycles. The lowest BCUT2D eigenvalue weighted by Gasteiger charge is -2.09. The van der Waals surface area contributed by atoms with Crippen LogP contribution in [0.15, 0.2) is 93.8 Å². The van der Waals surface area contributed by atoms with Gasteiger partial charge in [-0.3, -0.25) is 9.89 Å². The van der Waals surface area contributed by atoms with Gasteiger partial charge in [-0.1, -0.05) is 36.4 Å². The van der Waals surface area contributed by atoms with Crippen molar-refractivity contribution in [3.8, 4) is 5.75 Å². The molecule has 0 saturated carbocycles. The van der Waals surface area contributed by atoms with Crippen molar-refractivity contribution in [3.63, 3.8) is 0 Å². The summed E-state index contributed by atoms with van der Waals surface area (Å²) in [7, 11) is 3.86.